The van der Waals surface area contributed by atoms with Crippen molar-refractivity contribution in [3.05, 3.63) is 101 Å². The first-order valence-electron chi connectivity index (χ1n) is 13.3. The van der Waals surface area contributed by atoms with Gasteiger partial charge in [-0.3, -0.25) is 4.79 Å². The molecule has 0 spiro atoms. The number of carbonyl (C=O) groups is 1. The highest BCUT2D eigenvalue weighted by Crippen LogP contribution is 2.32. The number of halogens is 3. The minimum absolute atomic E-state index is 0.208. The molecule has 0 saturated carbocycles. The topological polar surface area (TPSA) is 87.3 Å². The molecule has 0 aromatic heterocycles. The number of hydrogen-bond donors (Lipinski definition) is 3. The van der Waals surface area contributed by atoms with Gasteiger partial charge in [0.05, 0.1) is 22.5 Å². The molecule has 1 amide bonds. The molecule has 0 fully saturated rings. The van der Waals surface area contributed by atoms with Crippen LogP contribution in [0.2, 0.25) is 0 Å². The SMILES string of the molecule is CC(C)NCc1ccc2c(c1)CCC[C@H]2NC(=O)C[C@@H](NS(=O)(=O)c1cccc(C(F)(F)F)c1)c1ccccc1. The van der Waals surface area contributed by atoms with Gasteiger partial charge in [-0.15, -0.1) is 0 Å². The van der Waals surface area contributed by atoms with Crippen LogP contribution in [0.1, 0.15) is 73.0 Å². The van der Waals surface area contributed by atoms with Crippen molar-refractivity contribution in [2.75, 3.05) is 0 Å². The number of benzene rings is 3. The van der Waals surface area contributed by atoms with E-state index in [1.807, 2.05) is 6.07 Å². The van der Waals surface area contributed by atoms with Crippen molar-refractivity contribution >= 4 is 15.9 Å². The van der Waals surface area contributed by atoms with Crippen LogP contribution in [0.4, 0.5) is 13.2 Å². The second kappa shape index (κ2) is 12.5. The number of sulfonamides is 1. The zero-order chi connectivity index (χ0) is 28.9. The number of hydrogen-bond acceptors (Lipinski definition) is 4. The van der Waals surface area contributed by atoms with Crippen LogP contribution in [-0.4, -0.2) is 20.4 Å². The maximum Gasteiger partial charge on any atom is 0.416 e. The van der Waals surface area contributed by atoms with Gasteiger partial charge in [0.15, 0.2) is 0 Å². The number of carbonyl (C=O) groups excluding carboxylic acids is 1. The van der Waals surface area contributed by atoms with Crippen molar-refractivity contribution in [3.8, 4) is 0 Å². The Morgan fingerprint density at radius 2 is 1.75 bits per heavy atom. The second-order valence-electron chi connectivity index (χ2n) is 10.4. The Balaban J connectivity index is 1.51. The summed E-state index contributed by atoms with van der Waals surface area (Å²) >= 11 is 0. The summed E-state index contributed by atoms with van der Waals surface area (Å²) in [6.45, 7) is 4.94. The molecule has 214 valence electrons. The highest BCUT2D eigenvalue weighted by atomic mass is 32.2. The fourth-order valence-electron chi connectivity index (χ4n) is 4.90. The smallest absolute Gasteiger partial charge is 0.349 e. The summed E-state index contributed by atoms with van der Waals surface area (Å²) in [7, 11) is -4.37. The predicted molar refractivity (Wildman–Crippen MR) is 148 cm³/mol. The van der Waals surface area contributed by atoms with Gasteiger partial charge in [-0.25, -0.2) is 13.1 Å². The van der Waals surface area contributed by atoms with Crippen molar-refractivity contribution in [2.24, 2.45) is 0 Å². The number of rotatable bonds is 10. The molecular formula is C30H34F3N3O3S. The lowest BCUT2D eigenvalue weighted by Crippen LogP contribution is -2.36. The summed E-state index contributed by atoms with van der Waals surface area (Å²) in [4.78, 5) is 12.7. The summed E-state index contributed by atoms with van der Waals surface area (Å²) in [6.07, 6.45) is -2.32. The van der Waals surface area contributed by atoms with Crippen molar-refractivity contribution in [1.29, 1.82) is 0 Å². The molecule has 0 bridgehead atoms. The largest absolute Gasteiger partial charge is 0.416 e. The number of aryl methyl sites for hydroxylation is 1. The van der Waals surface area contributed by atoms with Crippen LogP contribution in [0.15, 0.2) is 77.7 Å². The monoisotopic (exact) mass is 573 g/mol. The normalized spacial score (nSPS) is 16.4. The lowest BCUT2D eigenvalue weighted by molar-refractivity contribution is -0.137. The maximum atomic E-state index is 13.3. The average molecular weight is 574 g/mol. The second-order valence-corrected chi connectivity index (χ2v) is 12.1. The third kappa shape index (κ3) is 7.71. The van der Waals surface area contributed by atoms with Crippen LogP contribution >= 0.6 is 0 Å². The van der Waals surface area contributed by atoms with E-state index in [1.165, 1.54) is 11.1 Å². The first kappa shape index (κ1) is 29.8. The van der Waals surface area contributed by atoms with Crippen LogP contribution < -0.4 is 15.4 Å². The highest BCUT2D eigenvalue weighted by molar-refractivity contribution is 7.89. The Labute approximate surface area is 233 Å². The minimum Gasteiger partial charge on any atom is -0.349 e. The van der Waals surface area contributed by atoms with E-state index in [4.69, 9.17) is 0 Å². The quantitative estimate of drug-likeness (QED) is 0.286. The van der Waals surface area contributed by atoms with E-state index in [2.05, 4.69) is 41.3 Å². The average Bonchev–Trinajstić information content (AvgIpc) is 2.91. The van der Waals surface area contributed by atoms with Gasteiger partial charge in [0, 0.05) is 19.0 Å². The maximum absolute atomic E-state index is 13.3. The fraction of sp³-hybridized carbons (Fsp3) is 0.367. The van der Waals surface area contributed by atoms with Crippen molar-refractivity contribution < 1.29 is 26.4 Å². The molecule has 4 rings (SSSR count). The van der Waals surface area contributed by atoms with Gasteiger partial charge in [0.25, 0.3) is 0 Å². The zero-order valence-electron chi connectivity index (χ0n) is 22.5. The Bertz CT molecular complexity index is 1430. The van der Waals surface area contributed by atoms with Gasteiger partial charge >= 0.3 is 6.18 Å². The van der Waals surface area contributed by atoms with Gasteiger partial charge in [-0.2, -0.15) is 13.2 Å². The molecule has 0 saturated heterocycles. The standard InChI is InChI=1S/C30H34F3N3O3S/c1-20(2)34-19-21-14-15-26-23(16-21)10-6-13-27(26)35-29(37)18-28(22-8-4-3-5-9-22)36-40(38,39)25-12-7-11-24(17-25)30(31,32)33/h3-5,7-9,11-12,14-17,20,27-28,34,36H,6,10,13,18-19H2,1-2H3,(H,35,37)/t27-,28-/m1/s1. The lowest BCUT2D eigenvalue weighted by Gasteiger charge is -2.28. The molecule has 1 aliphatic carbocycles. The van der Waals surface area contributed by atoms with Crippen molar-refractivity contribution in [3.63, 3.8) is 0 Å². The van der Waals surface area contributed by atoms with E-state index in [1.54, 1.807) is 30.3 Å². The van der Waals surface area contributed by atoms with Gasteiger partial charge in [0.1, 0.15) is 0 Å². The van der Waals surface area contributed by atoms with Crippen LogP contribution in [0.3, 0.4) is 0 Å². The van der Waals surface area contributed by atoms with Crippen LogP contribution in [0.5, 0.6) is 0 Å². The third-order valence-electron chi connectivity index (χ3n) is 6.93. The Morgan fingerprint density at radius 3 is 2.45 bits per heavy atom. The molecule has 10 heteroatoms. The van der Waals surface area contributed by atoms with E-state index in [0.717, 1.165) is 49.6 Å². The number of amides is 1. The Hall–Kier alpha value is -3.21. The van der Waals surface area contributed by atoms with E-state index in [0.29, 0.717) is 17.7 Å². The first-order chi connectivity index (χ1) is 18.9. The summed E-state index contributed by atoms with van der Waals surface area (Å²) < 4.78 is 68.4. The molecule has 2 atom stereocenters. The van der Waals surface area contributed by atoms with E-state index >= 15 is 0 Å². The fourth-order valence-corrected chi connectivity index (χ4v) is 6.17. The van der Waals surface area contributed by atoms with Gasteiger partial charge < -0.3 is 10.6 Å². The van der Waals surface area contributed by atoms with Crippen molar-refractivity contribution in [1.82, 2.24) is 15.4 Å². The molecule has 0 unspecified atom stereocenters. The summed E-state index contributed by atoms with van der Waals surface area (Å²) in [5.74, 6) is -0.357. The zero-order valence-corrected chi connectivity index (χ0v) is 23.3. The molecule has 0 aliphatic heterocycles. The third-order valence-corrected chi connectivity index (χ3v) is 8.40. The van der Waals surface area contributed by atoms with Crippen molar-refractivity contribution in [2.45, 2.75) is 75.3 Å². The molecule has 0 heterocycles. The first-order valence-corrected chi connectivity index (χ1v) is 14.8. The minimum atomic E-state index is -4.69. The summed E-state index contributed by atoms with van der Waals surface area (Å²) in [5, 5.41) is 6.47. The molecule has 3 aromatic carbocycles. The van der Waals surface area contributed by atoms with Crippen LogP contribution in [-0.2, 0) is 34.0 Å². The molecular weight excluding hydrogens is 539 g/mol. The van der Waals surface area contributed by atoms with Gasteiger partial charge in [0.2, 0.25) is 15.9 Å². The summed E-state index contributed by atoms with van der Waals surface area (Å²) in [5.41, 5.74) is 2.87. The lowest BCUT2D eigenvalue weighted by atomic mass is 9.86. The molecule has 1 aliphatic rings. The number of nitrogens with one attached hydrogen (secondary N) is 3. The van der Waals surface area contributed by atoms with Gasteiger partial charge in [-0.05, 0) is 59.7 Å². The molecule has 40 heavy (non-hydrogen) atoms. The van der Waals surface area contributed by atoms with E-state index in [9.17, 15) is 26.4 Å². The molecule has 3 N–H and O–H groups in total. The Kier molecular flexibility index (Phi) is 9.33. The summed E-state index contributed by atoms with van der Waals surface area (Å²) in [6, 6.07) is 17.5. The molecule has 3 aromatic rings. The number of fused-ring (bicyclic) bond motifs is 1. The predicted octanol–water partition coefficient (Wildman–Crippen LogP) is 5.81. The number of alkyl halides is 3. The van der Waals surface area contributed by atoms with E-state index in [-0.39, 0.29) is 18.4 Å². The van der Waals surface area contributed by atoms with Crippen LogP contribution in [0.25, 0.3) is 0 Å². The Morgan fingerprint density at radius 1 is 1.00 bits per heavy atom. The molecule has 0 radical (unpaired) electrons. The van der Waals surface area contributed by atoms with Gasteiger partial charge in [-0.1, -0.05) is 68.4 Å². The molecule has 6 nitrogen and oxygen atoms in total. The highest BCUT2D eigenvalue weighted by Gasteiger charge is 2.32. The van der Waals surface area contributed by atoms with E-state index < -0.39 is 32.7 Å². The van der Waals surface area contributed by atoms with Crippen LogP contribution in [0, 0.1) is 0 Å².